The van der Waals surface area contributed by atoms with Gasteiger partial charge in [0.15, 0.2) is 0 Å². The summed E-state index contributed by atoms with van der Waals surface area (Å²) in [5.74, 6) is -0.448. The van der Waals surface area contributed by atoms with Crippen LogP contribution < -0.4 is 14.4 Å². The molecule has 0 aliphatic carbocycles. The van der Waals surface area contributed by atoms with Crippen molar-refractivity contribution < 1.29 is 27.1 Å². The van der Waals surface area contributed by atoms with Crippen LogP contribution in [0.5, 0.6) is 11.5 Å². The molecule has 5 aromatic carbocycles. The topological polar surface area (TPSA) is 96.0 Å². The molecule has 51 heavy (non-hydrogen) atoms. The summed E-state index contributed by atoms with van der Waals surface area (Å²) in [6.07, 6.45) is 0.126. The minimum absolute atomic E-state index is 0.0123. The fraction of sp³-hybridized carbons (Fsp3) is 0.220. The first kappa shape index (κ1) is 36.8. The van der Waals surface area contributed by atoms with E-state index in [1.807, 2.05) is 69.3 Å². The van der Waals surface area contributed by atoms with Gasteiger partial charge < -0.3 is 15.0 Å². The molecule has 5 aromatic rings. The van der Waals surface area contributed by atoms with Gasteiger partial charge in [-0.25, -0.2) is 12.8 Å². The second-order valence-electron chi connectivity index (χ2n) is 12.7. The Morgan fingerprint density at radius 1 is 0.765 bits per heavy atom. The standard InChI is InChI=1S/C41H42FN3O5S/c1-30(2)27-43-41(47)39(26-32-12-6-4-7-13-32)44(28-33-14-10-11-17-38(33)42)40(46)29-45(51(48,49)37-24-18-31(3)19-25-37)34-20-22-36(23-21-34)50-35-15-8-5-9-16-35/h4-25,30,39H,26-29H2,1-3H3,(H,43,47). The van der Waals surface area contributed by atoms with Gasteiger partial charge in [0, 0.05) is 25.1 Å². The van der Waals surface area contributed by atoms with Crippen molar-refractivity contribution in [3.8, 4) is 11.5 Å². The molecule has 0 heterocycles. The molecule has 0 aromatic heterocycles. The third-order valence-corrected chi connectivity index (χ3v) is 10.0. The zero-order chi connectivity index (χ0) is 36.4. The molecule has 0 saturated carbocycles. The van der Waals surface area contributed by atoms with E-state index in [0.717, 1.165) is 15.4 Å². The smallest absolute Gasteiger partial charge is 0.264 e. The quantitative estimate of drug-likeness (QED) is 0.121. The summed E-state index contributed by atoms with van der Waals surface area (Å²) in [7, 11) is -4.31. The number of ether oxygens (including phenoxy) is 1. The van der Waals surface area contributed by atoms with E-state index in [0.29, 0.717) is 18.0 Å². The monoisotopic (exact) mass is 707 g/mol. The number of nitrogens with one attached hydrogen (secondary N) is 1. The van der Waals surface area contributed by atoms with Crippen molar-refractivity contribution in [2.45, 2.75) is 44.7 Å². The van der Waals surface area contributed by atoms with Crippen molar-refractivity contribution in [1.29, 1.82) is 0 Å². The second kappa shape index (κ2) is 17.0. The number of amides is 2. The number of carbonyl (C=O) groups is 2. The predicted molar refractivity (Wildman–Crippen MR) is 197 cm³/mol. The van der Waals surface area contributed by atoms with Gasteiger partial charge in [0.25, 0.3) is 10.0 Å². The highest BCUT2D eigenvalue weighted by Crippen LogP contribution is 2.29. The van der Waals surface area contributed by atoms with Crippen LogP contribution in [-0.2, 0) is 32.6 Å². The Morgan fingerprint density at radius 3 is 1.98 bits per heavy atom. The fourth-order valence-corrected chi connectivity index (χ4v) is 6.87. The molecule has 0 saturated heterocycles. The fourth-order valence-electron chi connectivity index (χ4n) is 5.46. The average molecular weight is 708 g/mol. The second-order valence-corrected chi connectivity index (χ2v) is 14.6. The highest BCUT2D eigenvalue weighted by molar-refractivity contribution is 7.92. The lowest BCUT2D eigenvalue weighted by atomic mass is 10.0. The van der Waals surface area contributed by atoms with Gasteiger partial charge in [-0.2, -0.15) is 0 Å². The summed E-state index contributed by atoms with van der Waals surface area (Å²) >= 11 is 0. The van der Waals surface area contributed by atoms with Gasteiger partial charge in [0.05, 0.1) is 10.6 Å². The van der Waals surface area contributed by atoms with Crippen molar-refractivity contribution in [3.63, 3.8) is 0 Å². The van der Waals surface area contributed by atoms with Crippen molar-refractivity contribution in [2.75, 3.05) is 17.4 Å². The Bertz CT molecular complexity index is 2010. The van der Waals surface area contributed by atoms with Gasteiger partial charge in [0.2, 0.25) is 11.8 Å². The van der Waals surface area contributed by atoms with E-state index in [2.05, 4.69) is 5.32 Å². The maximum atomic E-state index is 15.2. The Morgan fingerprint density at radius 2 is 1.35 bits per heavy atom. The van der Waals surface area contributed by atoms with Gasteiger partial charge in [-0.3, -0.25) is 13.9 Å². The number of benzene rings is 5. The number of halogens is 1. The molecule has 0 spiro atoms. The highest BCUT2D eigenvalue weighted by Gasteiger charge is 2.35. The minimum atomic E-state index is -4.31. The molecular weight excluding hydrogens is 666 g/mol. The Hall–Kier alpha value is -5.48. The van der Waals surface area contributed by atoms with Crippen LogP contribution in [0, 0.1) is 18.7 Å². The van der Waals surface area contributed by atoms with E-state index in [1.54, 1.807) is 66.7 Å². The molecule has 1 unspecified atom stereocenters. The summed E-state index contributed by atoms with van der Waals surface area (Å²) in [4.78, 5) is 29.8. The summed E-state index contributed by atoms with van der Waals surface area (Å²) in [5, 5.41) is 2.94. The lowest BCUT2D eigenvalue weighted by molar-refractivity contribution is -0.140. The molecular formula is C41H42FN3O5S. The van der Waals surface area contributed by atoms with Crippen LogP contribution in [0.3, 0.4) is 0 Å². The number of nitrogens with zero attached hydrogens (tertiary/aromatic N) is 2. The van der Waals surface area contributed by atoms with Crippen LogP contribution in [0.15, 0.2) is 138 Å². The SMILES string of the molecule is Cc1ccc(S(=O)(=O)N(CC(=O)N(Cc2ccccc2F)C(Cc2ccccc2)C(=O)NCC(C)C)c2ccc(Oc3ccccc3)cc2)cc1. The molecule has 0 fully saturated rings. The number of hydrogen-bond acceptors (Lipinski definition) is 5. The first-order valence-corrected chi connectivity index (χ1v) is 18.2. The largest absolute Gasteiger partial charge is 0.457 e. The van der Waals surface area contributed by atoms with E-state index in [-0.39, 0.29) is 35.0 Å². The van der Waals surface area contributed by atoms with E-state index in [4.69, 9.17) is 4.74 Å². The predicted octanol–water partition coefficient (Wildman–Crippen LogP) is 7.53. The van der Waals surface area contributed by atoms with Crippen LogP contribution in [-0.4, -0.2) is 44.3 Å². The number of anilines is 1. The maximum Gasteiger partial charge on any atom is 0.264 e. The third kappa shape index (κ3) is 9.82. The first-order chi connectivity index (χ1) is 24.5. The summed E-state index contributed by atoms with van der Waals surface area (Å²) < 4.78 is 50.8. The molecule has 2 amide bonds. The molecule has 10 heteroatoms. The lowest BCUT2D eigenvalue weighted by Crippen LogP contribution is -2.53. The Labute approximate surface area is 299 Å². The van der Waals surface area contributed by atoms with Gasteiger partial charge in [-0.05, 0) is 73.0 Å². The zero-order valence-electron chi connectivity index (χ0n) is 28.9. The molecule has 5 rings (SSSR count). The minimum Gasteiger partial charge on any atom is -0.457 e. The zero-order valence-corrected chi connectivity index (χ0v) is 29.7. The van der Waals surface area contributed by atoms with E-state index >= 15 is 4.39 Å². The van der Waals surface area contributed by atoms with Gasteiger partial charge in [0.1, 0.15) is 29.9 Å². The van der Waals surface area contributed by atoms with Crippen LogP contribution >= 0.6 is 0 Å². The van der Waals surface area contributed by atoms with Crippen molar-refractivity contribution in [3.05, 3.63) is 156 Å². The molecule has 0 bridgehead atoms. The summed E-state index contributed by atoms with van der Waals surface area (Å²) in [6.45, 7) is 5.20. The molecule has 8 nitrogen and oxygen atoms in total. The number of rotatable bonds is 15. The van der Waals surface area contributed by atoms with Crippen molar-refractivity contribution in [2.24, 2.45) is 5.92 Å². The van der Waals surface area contributed by atoms with Crippen molar-refractivity contribution in [1.82, 2.24) is 10.2 Å². The number of aryl methyl sites for hydroxylation is 1. The first-order valence-electron chi connectivity index (χ1n) is 16.8. The van der Waals surface area contributed by atoms with Crippen LogP contribution in [0.25, 0.3) is 0 Å². The van der Waals surface area contributed by atoms with Crippen molar-refractivity contribution >= 4 is 27.5 Å². The number of hydrogen-bond donors (Lipinski definition) is 1. The Kier molecular flexibility index (Phi) is 12.2. The molecule has 0 aliphatic rings. The van der Waals surface area contributed by atoms with E-state index in [9.17, 15) is 18.0 Å². The molecule has 0 radical (unpaired) electrons. The molecule has 1 N–H and O–H groups in total. The Balaban J connectivity index is 1.56. The maximum absolute atomic E-state index is 15.2. The van der Waals surface area contributed by atoms with Gasteiger partial charge >= 0.3 is 0 Å². The number of para-hydroxylation sites is 1. The highest BCUT2D eigenvalue weighted by atomic mass is 32.2. The molecule has 0 aliphatic heterocycles. The number of sulfonamides is 1. The molecule has 1 atom stereocenters. The van der Waals surface area contributed by atoms with Gasteiger partial charge in [-0.1, -0.05) is 98.3 Å². The average Bonchev–Trinajstić information content (AvgIpc) is 3.13. The van der Waals surface area contributed by atoms with E-state index in [1.165, 1.54) is 23.1 Å². The normalized spacial score (nSPS) is 11.9. The lowest BCUT2D eigenvalue weighted by Gasteiger charge is -2.34. The van der Waals surface area contributed by atoms with Crippen LogP contribution in [0.1, 0.15) is 30.5 Å². The summed E-state index contributed by atoms with van der Waals surface area (Å²) in [6, 6.07) is 36.0. The number of carbonyl (C=O) groups excluding carboxylic acids is 2. The van der Waals surface area contributed by atoms with Crippen LogP contribution in [0.4, 0.5) is 10.1 Å². The van der Waals surface area contributed by atoms with E-state index < -0.39 is 40.2 Å². The van der Waals surface area contributed by atoms with Crippen LogP contribution in [0.2, 0.25) is 0 Å². The third-order valence-electron chi connectivity index (χ3n) is 8.25. The molecule has 264 valence electrons. The summed E-state index contributed by atoms with van der Waals surface area (Å²) in [5.41, 5.74) is 2.05. The van der Waals surface area contributed by atoms with Gasteiger partial charge in [-0.15, -0.1) is 0 Å².